The van der Waals surface area contributed by atoms with E-state index in [1.807, 2.05) is 0 Å². The van der Waals surface area contributed by atoms with Gasteiger partial charge in [-0.25, -0.2) is 0 Å². The SMILES string of the molecule is COCCCC(N)Cc1sccc1Br. The van der Waals surface area contributed by atoms with Crippen molar-refractivity contribution < 1.29 is 4.74 Å². The molecule has 1 atom stereocenters. The molecule has 0 spiro atoms. The Labute approximate surface area is 97.6 Å². The zero-order valence-corrected chi connectivity index (χ0v) is 10.7. The normalized spacial score (nSPS) is 13.1. The van der Waals surface area contributed by atoms with Gasteiger partial charge in [0.05, 0.1) is 0 Å². The molecule has 0 radical (unpaired) electrons. The standard InChI is InChI=1S/C10H16BrNOS/c1-13-5-2-3-8(12)7-10-9(11)4-6-14-10/h4,6,8H,2-3,5,7,12H2,1H3. The molecule has 1 aromatic heterocycles. The quantitative estimate of drug-likeness (QED) is 0.812. The van der Waals surface area contributed by atoms with Crippen LogP contribution in [0.2, 0.25) is 0 Å². The van der Waals surface area contributed by atoms with E-state index in [0.717, 1.165) is 25.9 Å². The second-order valence-electron chi connectivity index (χ2n) is 3.29. The molecule has 80 valence electrons. The van der Waals surface area contributed by atoms with Crippen molar-refractivity contribution in [1.82, 2.24) is 0 Å². The van der Waals surface area contributed by atoms with Crippen LogP contribution in [0.1, 0.15) is 17.7 Å². The minimum Gasteiger partial charge on any atom is -0.385 e. The van der Waals surface area contributed by atoms with E-state index in [9.17, 15) is 0 Å². The first-order chi connectivity index (χ1) is 6.74. The van der Waals surface area contributed by atoms with Crippen molar-refractivity contribution in [1.29, 1.82) is 0 Å². The predicted octanol–water partition coefficient (Wildman–Crippen LogP) is 2.81. The van der Waals surface area contributed by atoms with E-state index in [1.165, 1.54) is 9.35 Å². The lowest BCUT2D eigenvalue weighted by atomic mass is 10.1. The van der Waals surface area contributed by atoms with Crippen molar-refractivity contribution in [2.75, 3.05) is 13.7 Å². The van der Waals surface area contributed by atoms with Crippen molar-refractivity contribution in [3.63, 3.8) is 0 Å². The first-order valence-electron chi connectivity index (χ1n) is 4.70. The van der Waals surface area contributed by atoms with E-state index in [2.05, 4.69) is 27.4 Å². The maximum absolute atomic E-state index is 6.00. The van der Waals surface area contributed by atoms with Crippen LogP contribution >= 0.6 is 27.3 Å². The number of thiophene rings is 1. The Morgan fingerprint density at radius 2 is 2.43 bits per heavy atom. The van der Waals surface area contributed by atoms with E-state index >= 15 is 0 Å². The molecule has 1 aromatic rings. The highest BCUT2D eigenvalue weighted by Gasteiger charge is 2.07. The molecule has 0 amide bonds. The smallest absolute Gasteiger partial charge is 0.0462 e. The minimum atomic E-state index is 0.250. The Morgan fingerprint density at radius 1 is 1.64 bits per heavy atom. The Morgan fingerprint density at radius 3 is 3.00 bits per heavy atom. The van der Waals surface area contributed by atoms with Gasteiger partial charge in [0.1, 0.15) is 0 Å². The molecule has 0 saturated carbocycles. The maximum Gasteiger partial charge on any atom is 0.0462 e. The van der Waals surface area contributed by atoms with E-state index in [0.29, 0.717) is 0 Å². The van der Waals surface area contributed by atoms with Crippen LogP contribution in [0.5, 0.6) is 0 Å². The average Bonchev–Trinajstić information content (AvgIpc) is 2.52. The van der Waals surface area contributed by atoms with E-state index in [1.54, 1.807) is 18.4 Å². The van der Waals surface area contributed by atoms with Crippen molar-refractivity contribution in [3.8, 4) is 0 Å². The summed E-state index contributed by atoms with van der Waals surface area (Å²) in [5, 5.41) is 2.08. The highest BCUT2D eigenvalue weighted by molar-refractivity contribution is 9.10. The van der Waals surface area contributed by atoms with Crippen LogP contribution < -0.4 is 5.73 Å². The molecule has 0 aromatic carbocycles. The Balaban J connectivity index is 2.27. The number of rotatable bonds is 6. The largest absolute Gasteiger partial charge is 0.385 e. The minimum absolute atomic E-state index is 0.250. The van der Waals surface area contributed by atoms with Gasteiger partial charge in [-0.3, -0.25) is 0 Å². The number of nitrogens with two attached hydrogens (primary N) is 1. The van der Waals surface area contributed by atoms with Gasteiger partial charge in [-0.15, -0.1) is 11.3 Å². The molecule has 4 heteroatoms. The van der Waals surface area contributed by atoms with Crippen molar-refractivity contribution in [3.05, 3.63) is 20.8 Å². The fourth-order valence-electron chi connectivity index (χ4n) is 1.30. The predicted molar refractivity (Wildman–Crippen MR) is 64.8 cm³/mol. The first-order valence-corrected chi connectivity index (χ1v) is 6.37. The third-order valence-electron chi connectivity index (χ3n) is 2.06. The summed E-state index contributed by atoms with van der Waals surface area (Å²) in [5.74, 6) is 0. The highest BCUT2D eigenvalue weighted by Crippen LogP contribution is 2.24. The number of halogens is 1. The van der Waals surface area contributed by atoms with Gasteiger partial charge in [0.2, 0.25) is 0 Å². The Kier molecular flexibility index (Phi) is 5.70. The number of ether oxygens (including phenoxy) is 1. The monoisotopic (exact) mass is 277 g/mol. The van der Waals surface area contributed by atoms with Crippen molar-refractivity contribution >= 4 is 27.3 Å². The van der Waals surface area contributed by atoms with Gasteiger partial charge in [-0.05, 0) is 46.6 Å². The van der Waals surface area contributed by atoms with Gasteiger partial charge < -0.3 is 10.5 Å². The summed E-state index contributed by atoms with van der Waals surface area (Å²) in [7, 11) is 1.72. The zero-order chi connectivity index (χ0) is 10.4. The fourth-order valence-corrected chi connectivity index (χ4v) is 2.91. The second kappa shape index (κ2) is 6.56. The molecular weight excluding hydrogens is 262 g/mol. The van der Waals surface area contributed by atoms with Gasteiger partial charge >= 0.3 is 0 Å². The molecule has 1 heterocycles. The molecule has 1 unspecified atom stereocenters. The lowest BCUT2D eigenvalue weighted by Gasteiger charge is -2.09. The van der Waals surface area contributed by atoms with Crippen molar-refractivity contribution in [2.45, 2.75) is 25.3 Å². The molecule has 2 nitrogen and oxygen atoms in total. The Bertz CT molecular complexity index is 264. The summed E-state index contributed by atoms with van der Waals surface area (Å²) in [6, 6.07) is 2.32. The average molecular weight is 278 g/mol. The van der Waals surface area contributed by atoms with Crippen LogP contribution in [0, 0.1) is 0 Å². The summed E-state index contributed by atoms with van der Waals surface area (Å²) in [6.45, 7) is 0.805. The maximum atomic E-state index is 6.00. The van der Waals surface area contributed by atoms with Gasteiger partial charge in [-0.1, -0.05) is 0 Å². The van der Waals surface area contributed by atoms with Crippen LogP contribution in [0.4, 0.5) is 0 Å². The topological polar surface area (TPSA) is 35.2 Å². The molecule has 0 aliphatic carbocycles. The molecule has 0 aliphatic rings. The highest BCUT2D eigenvalue weighted by atomic mass is 79.9. The number of hydrogen-bond donors (Lipinski definition) is 1. The first kappa shape index (κ1) is 12.2. The summed E-state index contributed by atoms with van der Waals surface area (Å²) < 4.78 is 6.17. The molecule has 0 bridgehead atoms. The van der Waals surface area contributed by atoms with Crippen LogP contribution in [-0.2, 0) is 11.2 Å². The van der Waals surface area contributed by atoms with Gasteiger partial charge in [0, 0.05) is 29.1 Å². The van der Waals surface area contributed by atoms with Crippen LogP contribution in [-0.4, -0.2) is 19.8 Å². The lowest BCUT2D eigenvalue weighted by Crippen LogP contribution is -2.22. The Hall–Kier alpha value is 0.100. The molecule has 0 fully saturated rings. The zero-order valence-electron chi connectivity index (χ0n) is 8.33. The molecule has 0 saturated heterocycles. The molecule has 0 aliphatic heterocycles. The van der Waals surface area contributed by atoms with E-state index in [-0.39, 0.29) is 6.04 Å². The fraction of sp³-hybridized carbons (Fsp3) is 0.600. The van der Waals surface area contributed by atoms with Crippen LogP contribution in [0.15, 0.2) is 15.9 Å². The summed E-state index contributed by atoms with van der Waals surface area (Å²) in [6.07, 6.45) is 3.03. The van der Waals surface area contributed by atoms with Gasteiger partial charge in [0.25, 0.3) is 0 Å². The third kappa shape index (κ3) is 4.09. The lowest BCUT2D eigenvalue weighted by molar-refractivity contribution is 0.190. The third-order valence-corrected chi connectivity index (χ3v) is 4.01. The van der Waals surface area contributed by atoms with E-state index in [4.69, 9.17) is 10.5 Å². The molecule has 14 heavy (non-hydrogen) atoms. The second-order valence-corrected chi connectivity index (χ2v) is 5.15. The molecule has 1 rings (SSSR count). The van der Waals surface area contributed by atoms with Crippen LogP contribution in [0.25, 0.3) is 0 Å². The number of methoxy groups -OCH3 is 1. The summed E-state index contributed by atoms with van der Waals surface area (Å²) >= 11 is 5.27. The van der Waals surface area contributed by atoms with Crippen molar-refractivity contribution in [2.24, 2.45) is 5.73 Å². The van der Waals surface area contributed by atoms with Gasteiger partial charge in [0.15, 0.2) is 0 Å². The molecule has 2 N–H and O–H groups in total. The van der Waals surface area contributed by atoms with Gasteiger partial charge in [-0.2, -0.15) is 0 Å². The van der Waals surface area contributed by atoms with E-state index < -0.39 is 0 Å². The van der Waals surface area contributed by atoms with Crippen LogP contribution in [0.3, 0.4) is 0 Å². The summed E-state index contributed by atoms with van der Waals surface area (Å²) in [5.41, 5.74) is 6.00. The number of hydrogen-bond acceptors (Lipinski definition) is 3. The summed E-state index contributed by atoms with van der Waals surface area (Å²) in [4.78, 5) is 1.34. The molecular formula is C10H16BrNOS.